The molecule has 21 heavy (non-hydrogen) atoms. The van der Waals surface area contributed by atoms with Gasteiger partial charge in [0, 0.05) is 17.5 Å². The van der Waals surface area contributed by atoms with Gasteiger partial charge in [0.2, 0.25) is 0 Å². The molecule has 106 valence electrons. The van der Waals surface area contributed by atoms with E-state index in [2.05, 4.69) is 0 Å². The lowest BCUT2D eigenvalue weighted by atomic mass is 10.3. The highest BCUT2D eigenvalue weighted by Crippen LogP contribution is 2.20. The number of nitro benzene ring substituents is 1. The Kier molecular flexibility index (Phi) is 3.41. The molecule has 0 radical (unpaired) electrons. The first kappa shape index (κ1) is 13.3. The van der Waals surface area contributed by atoms with E-state index in [1.807, 2.05) is 11.4 Å². The maximum absolute atomic E-state index is 11.7. The largest absolute Gasteiger partial charge is 0.486 e. The van der Waals surface area contributed by atoms with E-state index in [1.165, 1.54) is 35.6 Å². The zero-order chi connectivity index (χ0) is 14.8. The zero-order valence-electron chi connectivity index (χ0n) is 10.6. The fraction of sp³-hybridized carbons (Fsp3) is 0.0714. The molecule has 0 fully saturated rings. The lowest BCUT2D eigenvalue weighted by Crippen LogP contribution is -2.03. The van der Waals surface area contributed by atoms with Crippen molar-refractivity contribution in [3.63, 3.8) is 0 Å². The van der Waals surface area contributed by atoms with Crippen molar-refractivity contribution in [2.24, 2.45) is 0 Å². The third kappa shape index (κ3) is 2.77. The van der Waals surface area contributed by atoms with Crippen molar-refractivity contribution >= 4 is 27.1 Å². The summed E-state index contributed by atoms with van der Waals surface area (Å²) in [6.07, 6.45) is 0. The lowest BCUT2D eigenvalue weighted by molar-refractivity contribution is -0.384. The second-order valence-corrected chi connectivity index (χ2v) is 5.16. The van der Waals surface area contributed by atoms with Gasteiger partial charge in [0.1, 0.15) is 22.8 Å². The predicted octanol–water partition coefficient (Wildman–Crippen LogP) is 3.34. The quantitative estimate of drug-likeness (QED) is 0.545. The van der Waals surface area contributed by atoms with Crippen LogP contribution in [0.1, 0.15) is 5.76 Å². The number of rotatable bonds is 4. The molecule has 0 saturated carbocycles. The molecule has 2 heterocycles. The number of benzene rings is 1. The molecule has 7 heteroatoms. The van der Waals surface area contributed by atoms with Crippen molar-refractivity contribution in [3.05, 3.63) is 68.1 Å². The van der Waals surface area contributed by atoms with E-state index < -0.39 is 4.92 Å². The molecule has 0 aliphatic rings. The monoisotopic (exact) mass is 303 g/mol. The summed E-state index contributed by atoms with van der Waals surface area (Å²) in [7, 11) is 0. The molecule has 6 nitrogen and oxygen atoms in total. The van der Waals surface area contributed by atoms with Crippen LogP contribution in [-0.4, -0.2) is 4.92 Å². The average molecular weight is 303 g/mol. The first-order valence-corrected chi connectivity index (χ1v) is 6.89. The Labute approximate surface area is 122 Å². The summed E-state index contributed by atoms with van der Waals surface area (Å²) >= 11 is 1.33. The van der Waals surface area contributed by atoms with E-state index in [-0.39, 0.29) is 17.9 Å². The number of hydrogen-bond donors (Lipinski definition) is 0. The minimum atomic E-state index is -0.479. The molecule has 0 spiro atoms. The molecule has 2 aromatic heterocycles. The van der Waals surface area contributed by atoms with Crippen LogP contribution in [0.2, 0.25) is 0 Å². The molecule has 0 atom stereocenters. The molecule has 0 aliphatic carbocycles. The van der Waals surface area contributed by atoms with Gasteiger partial charge in [-0.05, 0) is 29.6 Å². The fourth-order valence-corrected chi connectivity index (χ4v) is 2.61. The molecule has 0 amide bonds. The number of ether oxygens (including phenoxy) is 1. The third-order valence-corrected chi connectivity index (χ3v) is 3.76. The summed E-state index contributed by atoms with van der Waals surface area (Å²) in [4.78, 5) is 21.8. The van der Waals surface area contributed by atoms with E-state index in [4.69, 9.17) is 9.15 Å². The smallest absolute Gasteiger partial charge is 0.354 e. The first-order valence-electron chi connectivity index (χ1n) is 6.01. The predicted molar refractivity (Wildman–Crippen MR) is 77.8 cm³/mol. The SMILES string of the molecule is O=c1oc(COc2ccc([N+](=O)[O-])cc2)cc2ccsc12. The summed E-state index contributed by atoms with van der Waals surface area (Å²) in [5.41, 5.74) is -0.390. The van der Waals surface area contributed by atoms with Crippen LogP contribution in [0, 0.1) is 10.1 Å². The van der Waals surface area contributed by atoms with Crippen molar-refractivity contribution in [2.75, 3.05) is 0 Å². The van der Waals surface area contributed by atoms with Crippen LogP contribution >= 0.6 is 11.3 Å². The summed E-state index contributed by atoms with van der Waals surface area (Å²) in [5.74, 6) is 0.873. The highest BCUT2D eigenvalue weighted by atomic mass is 32.1. The van der Waals surface area contributed by atoms with Crippen molar-refractivity contribution in [2.45, 2.75) is 6.61 Å². The molecule has 0 unspecified atom stereocenters. The van der Waals surface area contributed by atoms with Gasteiger partial charge in [-0.1, -0.05) is 0 Å². The van der Waals surface area contributed by atoms with E-state index in [9.17, 15) is 14.9 Å². The van der Waals surface area contributed by atoms with Gasteiger partial charge in [-0.2, -0.15) is 0 Å². The third-order valence-electron chi connectivity index (χ3n) is 2.85. The molecule has 0 bridgehead atoms. The molecule has 3 rings (SSSR count). The van der Waals surface area contributed by atoms with Crippen LogP contribution < -0.4 is 10.4 Å². The van der Waals surface area contributed by atoms with Gasteiger partial charge in [0.15, 0.2) is 0 Å². The molecular formula is C14H9NO5S. The Morgan fingerprint density at radius 1 is 1.24 bits per heavy atom. The van der Waals surface area contributed by atoms with E-state index in [0.29, 0.717) is 16.2 Å². The molecule has 0 N–H and O–H groups in total. The number of non-ortho nitro benzene ring substituents is 1. The van der Waals surface area contributed by atoms with E-state index in [0.717, 1.165) is 5.39 Å². The zero-order valence-corrected chi connectivity index (χ0v) is 11.5. The molecule has 1 aromatic carbocycles. The summed E-state index contributed by atoms with van der Waals surface area (Å²) in [6, 6.07) is 9.30. The van der Waals surface area contributed by atoms with Crippen LogP contribution in [-0.2, 0) is 6.61 Å². The van der Waals surface area contributed by atoms with Gasteiger partial charge >= 0.3 is 5.63 Å². The van der Waals surface area contributed by atoms with E-state index in [1.54, 1.807) is 6.07 Å². The average Bonchev–Trinajstić information content (AvgIpc) is 2.94. The maximum atomic E-state index is 11.7. The Hall–Kier alpha value is -2.67. The number of nitro groups is 1. The Morgan fingerprint density at radius 2 is 2.00 bits per heavy atom. The molecule has 3 aromatic rings. The maximum Gasteiger partial charge on any atom is 0.354 e. The van der Waals surface area contributed by atoms with Crippen LogP contribution in [0.4, 0.5) is 5.69 Å². The van der Waals surface area contributed by atoms with Crippen LogP contribution in [0.25, 0.3) is 10.1 Å². The first-order chi connectivity index (χ1) is 10.1. The van der Waals surface area contributed by atoms with Crippen molar-refractivity contribution in [3.8, 4) is 5.75 Å². The summed E-state index contributed by atoms with van der Waals surface area (Å²) in [6.45, 7) is 0.0822. The van der Waals surface area contributed by atoms with Crippen LogP contribution in [0.3, 0.4) is 0 Å². The summed E-state index contributed by atoms with van der Waals surface area (Å²) < 4.78 is 11.2. The molecule has 0 saturated heterocycles. The van der Waals surface area contributed by atoms with Gasteiger partial charge < -0.3 is 9.15 Å². The normalized spacial score (nSPS) is 10.7. The summed E-state index contributed by atoms with van der Waals surface area (Å²) in [5, 5.41) is 13.2. The van der Waals surface area contributed by atoms with Crippen molar-refractivity contribution in [1.82, 2.24) is 0 Å². The van der Waals surface area contributed by atoms with Crippen molar-refractivity contribution < 1.29 is 14.1 Å². The van der Waals surface area contributed by atoms with E-state index >= 15 is 0 Å². The van der Waals surface area contributed by atoms with Gasteiger partial charge in [-0.15, -0.1) is 11.3 Å². The minimum absolute atomic E-state index is 0.00595. The second-order valence-electron chi connectivity index (χ2n) is 4.24. The fourth-order valence-electron chi connectivity index (χ4n) is 1.86. The standard InChI is InChI=1S/C14H9NO5S/c16-14-13-9(5-6-21-13)7-12(20-14)8-19-11-3-1-10(2-4-11)15(17)18/h1-7H,8H2. The second kappa shape index (κ2) is 5.37. The number of fused-ring (bicyclic) bond motifs is 1. The van der Waals surface area contributed by atoms with Gasteiger partial charge in [-0.3, -0.25) is 10.1 Å². The molecule has 0 aliphatic heterocycles. The Morgan fingerprint density at radius 3 is 2.71 bits per heavy atom. The van der Waals surface area contributed by atoms with Crippen LogP contribution in [0.15, 0.2) is 51.0 Å². The highest BCUT2D eigenvalue weighted by Gasteiger charge is 2.08. The number of nitrogens with zero attached hydrogens (tertiary/aromatic N) is 1. The lowest BCUT2D eigenvalue weighted by Gasteiger charge is -2.05. The number of thiophene rings is 1. The van der Waals surface area contributed by atoms with Crippen molar-refractivity contribution in [1.29, 1.82) is 0 Å². The highest BCUT2D eigenvalue weighted by molar-refractivity contribution is 7.17. The van der Waals surface area contributed by atoms with Gasteiger partial charge in [-0.25, -0.2) is 4.79 Å². The van der Waals surface area contributed by atoms with Gasteiger partial charge in [0.25, 0.3) is 5.69 Å². The Bertz CT molecular complexity index is 850. The van der Waals surface area contributed by atoms with Crippen LogP contribution in [0.5, 0.6) is 5.75 Å². The van der Waals surface area contributed by atoms with Gasteiger partial charge in [0.05, 0.1) is 4.92 Å². The number of hydrogen-bond acceptors (Lipinski definition) is 6. The Balaban J connectivity index is 1.76. The topological polar surface area (TPSA) is 82.6 Å². The minimum Gasteiger partial charge on any atom is -0.486 e. The molecular weight excluding hydrogens is 294 g/mol.